The average Bonchev–Trinajstić information content (AvgIpc) is 3.05. The molecule has 0 aromatic heterocycles. The molecule has 0 amide bonds. The third-order valence-electron chi connectivity index (χ3n) is 10.7. The third kappa shape index (κ3) is 3.49. The molecule has 0 heterocycles. The molecular formula is C28H46O3. The van der Waals surface area contributed by atoms with Gasteiger partial charge in [0.25, 0.3) is 0 Å². The number of aliphatic hydroxyl groups excluding tert-OH is 2. The summed E-state index contributed by atoms with van der Waals surface area (Å²) >= 11 is 0. The van der Waals surface area contributed by atoms with Crippen LogP contribution in [0.2, 0.25) is 0 Å². The van der Waals surface area contributed by atoms with Crippen molar-refractivity contribution in [2.24, 2.45) is 46.3 Å². The number of fused-ring (bicyclic) bond motifs is 5. The predicted molar refractivity (Wildman–Crippen MR) is 126 cm³/mol. The van der Waals surface area contributed by atoms with Gasteiger partial charge in [0.2, 0.25) is 0 Å². The lowest BCUT2D eigenvalue weighted by molar-refractivity contribution is -0.210. The van der Waals surface area contributed by atoms with E-state index in [0.29, 0.717) is 41.9 Å². The normalized spacial score (nSPS) is 49.4. The first-order chi connectivity index (χ1) is 14.4. The van der Waals surface area contributed by atoms with E-state index in [9.17, 15) is 15.3 Å². The zero-order chi connectivity index (χ0) is 22.8. The first-order valence-electron chi connectivity index (χ1n) is 12.9. The summed E-state index contributed by atoms with van der Waals surface area (Å²) in [5.41, 5.74) is 0.160. The molecule has 10 atom stereocenters. The molecule has 0 saturated heterocycles. The quantitative estimate of drug-likeness (QED) is 0.516. The second-order valence-electron chi connectivity index (χ2n) is 12.5. The van der Waals surface area contributed by atoms with Gasteiger partial charge in [0.15, 0.2) is 0 Å². The van der Waals surface area contributed by atoms with Crippen LogP contribution in [-0.4, -0.2) is 33.1 Å². The summed E-state index contributed by atoms with van der Waals surface area (Å²) in [6.07, 6.45) is 12.1. The predicted octanol–water partition coefficient (Wildman–Crippen LogP) is 5.50. The summed E-state index contributed by atoms with van der Waals surface area (Å²) in [5.74, 6) is 3.37. The van der Waals surface area contributed by atoms with E-state index in [2.05, 4.69) is 53.7 Å². The van der Waals surface area contributed by atoms with Crippen LogP contribution in [0.1, 0.15) is 86.5 Å². The maximum absolute atomic E-state index is 11.6. The van der Waals surface area contributed by atoms with Gasteiger partial charge in [-0.2, -0.15) is 0 Å². The van der Waals surface area contributed by atoms with Crippen molar-refractivity contribution in [3.8, 4) is 0 Å². The van der Waals surface area contributed by atoms with Gasteiger partial charge in [-0.15, -0.1) is 0 Å². The fourth-order valence-corrected chi connectivity index (χ4v) is 8.16. The highest BCUT2D eigenvalue weighted by molar-refractivity contribution is 5.33. The van der Waals surface area contributed by atoms with Gasteiger partial charge in [0.1, 0.15) is 11.7 Å². The standard InChI is InChI=1S/C28H46O3/c1-17(2)18(3)7-8-19(4)22-9-10-23-21-15-25(30)28(31)16-20(29)11-14-27(28,6)24(21)12-13-26(22,23)5/h7-8,15,17-20,22-25,29-31H,9-14,16H2,1-6H3/b8-7+/t18-,19+,20?,22+,23-,24-,25?,26+,27+,28?/m0/s1. The molecule has 4 aliphatic carbocycles. The van der Waals surface area contributed by atoms with Gasteiger partial charge in [-0.25, -0.2) is 0 Å². The van der Waals surface area contributed by atoms with Crippen LogP contribution in [0.15, 0.2) is 23.8 Å². The third-order valence-corrected chi connectivity index (χ3v) is 10.7. The van der Waals surface area contributed by atoms with Gasteiger partial charge in [-0.3, -0.25) is 0 Å². The second kappa shape index (κ2) is 7.99. The Morgan fingerprint density at radius 2 is 1.65 bits per heavy atom. The molecule has 3 N–H and O–H groups in total. The smallest absolute Gasteiger partial charge is 0.102 e. The average molecular weight is 431 g/mol. The second-order valence-corrected chi connectivity index (χ2v) is 12.5. The van der Waals surface area contributed by atoms with Gasteiger partial charge >= 0.3 is 0 Å². The van der Waals surface area contributed by atoms with Crippen molar-refractivity contribution in [1.82, 2.24) is 0 Å². The Kier molecular flexibility index (Phi) is 6.06. The molecular weight excluding hydrogens is 384 g/mol. The maximum atomic E-state index is 11.6. The van der Waals surface area contributed by atoms with E-state index in [1.54, 1.807) is 0 Å². The minimum atomic E-state index is -1.20. The molecule has 4 rings (SSSR count). The summed E-state index contributed by atoms with van der Waals surface area (Å²) in [5, 5.41) is 32.9. The van der Waals surface area contributed by atoms with Crippen LogP contribution in [-0.2, 0) is 0 Å². The fraction of sp³-hybridized carbons (Fsp3) is 0.857. The highest BCUT2D eigenvalue weighted by atomic mass is 16.3. The largest absolute Gasteiger partial charge is 0.393 e. The van der Waals surface area contributed by atoms with Crippen molar-refractivity contribution in [2.75, 3.05) is 0 Å². The molecule has 3 unspecified atom stereocenters. The molecule has 0 spiro atoms. The molecule has 4 aliphatic rings. The van der Waals surface area contributed by atoms with E-state index >= 15 is 0 Å². The van der Waals surface area contributed by atoms with E-state index in [0.717, 1.165) is 19.3 Å². The molecule has 3 nitrogen and oxygen atoms in total. The molecule has 3 saturated carbocycles. The van der Waals surface area contributed by atoms with Gasteiger partial charge in [0, 0.05) is 11.8 Å². The van der Waals surface area contributed by atoms with Crippen LogP contribution >= 0.6 is 0 Å². The van der Waals surface area contributed by atoms with Crippen molar-refractivity contribution < 1.29 is 15.3 Å². The molecule has 3 heteroatoms. The molecule has 3 fully saturated rings. The number of rotatable bonds is 4. The lowest BCUT2D eigenvalue weighted by Crippen LogP contribution is -2.65. The van der Waals surface area contributed by atoms with Crippen LogP contribution in [0, 0.1) is 46.3 Å². The number of allylic oxidation sites excluding steroid dienone is 3. The van der Waals surface area contributed by atoms with Gasteiger partial charge in [-0.05, 0) is 79.4 Å². The Morgan fingerprint density at radius 3 is 2.32 bits per heavy atom. The number of aliphatic hydroxyl groups is 3. The highest BCUT2D eigenvalue weighted by Gasteiger charge is 2.64. The van der Waals surface area contributed by atoms with Gasteiger partial charge in [-0.1, -0.05) is 65.3 Å². The highest BCUT2D eigenvalue weighted by Crippen LogP contribution is 2.67. The topological polar surface area (TPSA) is 60.7 Å². The Balaban J connectivity index is 1.61. The fourth-order valence-electron chi connectivity index (χ4n) is 8.16. The maximum Gasteiger partial charge on any atom is 0.102 e. The Hall–Kier alpha value is -0.640. The molecule has 176 valence electrons. The van der Waals surface area contributed by atoms with Crippen molar-refractivity contribution in [2.45, 2.75) is 104 Å². The molecule has 0 bridgehead atoms. The lowest BCUT2D eigenvalue weighted by Gasteiger charge is -2.62. The first kappa shape index (κ1) is 23.5. The zero-order valence-corrected chi connectivity index (χ0v) is 20.6. The summed E-state index contributed by atoms with van der Waals surface area (Å²) in [6.45, 7) is 14.0. The molecule has 0 radical (unpaired) electrons. The van der Waals surface area contributed by atoms with Crippen LogP contribution in [0.5, 0.6) is 0 Å². The van der Waals surface area contributed by atoms with Crippen molar-refractivity contribution in [1.29, 1.82) is 0 Å². The van der Waals surface area contributed by atoms with Crippen LogP contribution in [0.4, 0.5) is 0 Å². The summed E-state index contributed by atoms with van der Waals surface area (Å²) < 4.78 is 0. The van der Waals surface area contributed by atoms with Crippen LogP contribution in [0.3, 0.4) is 0 Å². The molecule has 0 aromatic rings. The van der Waals surface area contributed by atoms with E-state index < -0.39 is 17.8 Å². The molecule has 0 aromatic carbocycles. The van der Waals surface area contributed by atoms with Gasteiger partial charge in [0.05, 0.1) is 6.10 Å². The minimum absolute atomic E-state index is 0.271. The monoisotopic (exact) mass is 430 g/mol. The summed E-state index contributed by atoms with van der Waals surface area (Å²) in [4.78, 5) is 0. The summed E-state index contributed by atoms with van der Waals surface area (Å²) in [6, 6.07) is 0. The molecule has 0 aliphatic heterocycles. The molecule has 31 heavy (non-hydrogen) atoms. The van der Waals surface area contributed by atoms with E-state index in [4.69, 9.17) is 0 Å². The number of hydrogen-bond donors (Lipinski definition) is 3. The van der Waals surface area contributed by atoms with Crippen molar-refractivity contribution in [3.63, 3.8) is 0 Å². The van der Waals surface area contributed by atoms with Gasteiger partial charge < -0.3 is 15.3 Å². The zero-order valence-electron chi connectivity index (χ0n) is 20.6. The Morgan fingerprint density at radius 1 is 0.935 bits per heavy atom. The lowest BCUT2D eigenvalue weighted by atomic mass is 9.45. The first-order valence-corrected chi connectivity index (χ1v) is 12.9. The van der Waals surface area contributed by atoms with Crippen molar-refractivity contribution >= 4 is 0 Å². The summed E-state index contributed by atoms with van der Waals surface area (Å²) in [7, 11) is 0. The van der Waals surface area contributed by atoms with E-state index in [1.807, 2.05) is 6.08 Å². The SMILES string of the molecule is CC(C)[C@@H](C)/C=C/[C@@H](C)[C@H]1CC[C@H]2C3=CC(O)C4(O)CC(O)CC[C@]4(C)[C@H]3CC[C@]12C. The Labute approximate surface area is 190 Å². The van der Waals surface area contributed by atoms with E-state index in [-0.39, 0.29) is 10.8 Å². The van der Waals surface area contributed by atoms with Crippen LogP contribution < -0.4 is 0 Å². The Bertz CT molecular complexity index is 741. The van der Waals surface area contributed by atoms with Crippen molar-refractivity contribution in [3.05, 3.63) is 23.8 Å². The van der Waals surface area contributed by atoms with E-state index in [1.165, 1.54) is 24.8 Å². The van der Waals surface area contributed by atoms with Crippen LogP contribution in [0.25, 0.3) is 0 Å². The number of hydrogen-bond acceptors (Lipinski definition) is 3. The minimum Gasteiger partial charge on any atom is -0.393 e.